The average molecular weight is 521 g/mol. The first kappa shape index (κ1) is 26.8. The van der Waals surface area contributed by atoms with E-state index in [1.54, 1.807) is 6.20 Å². The van der Waals surface area contributed by atoms with Crippen LogP contribution in [0, 0.1) is 0 Å². The molecule has 0 saturated heterocycles. The van der Waals surface area contributed by atoms with Crippen molar-refractivity contribution >= 4 is 28.1 Å². The van der Waals surface area contributed by atoms with Gasteiger partial charge in [0.1, 0.15) is 6.61 Å². The van der Waals surface area contributed by atoms with Crippen molar-refractivity contribution < 1.29 is 23.7 Å². The third-order valence-corrected chi connectivity index (χ3v) is 4.62. The molecule has 1 aromatic heterocycles. The van der Waals surface area contributed by atoms with Crippen molar-refractivity contribution in [1.29, 1.82) is 0 Å². The lowest BCUT2D eigenvalue weighted by molar-refractivity contribution is -0.00399. The summed E-state index contributed by atoms with van der Waals surface area (Å²) >= 11 is 3.43. The van der Waals surface area contributed by atoms with Crippen molar-refractivity contribution in [3.05, 3.63) is 68.6 Å². The molecule has 1 aromatic carbocycles. The van der Waals surface area contributed by atoms with Gasteiger partial charge in [0.05, 0.1) is 52.9 Å². The Kier molecular flexibility index (Phi) is 14.6. The molecule has 10 heteroatoms. The first-order valence-electron chi connectivity index (χ1n) is 10.6. The molecule has 0 spiro atoms. The minimum absolute atomic E-state index is 0.332. The average Bonchev–Trinajstić information content (AvgIpc) is 2.84. The van der Waals surface area contributed by atoms with E-state index in [0.29, 0.717) is 71.9 Å². The second-order valence-electron chi connectivity index (χ2n) is 6.57. The molecule has 0 aliphatic rings. The normalized spacial score (nSPS) is 10.9. The monoisotopic (exact) mass is 520 g/mol. The summed E-state index contributed by atoms with van der Waals surface area (Å²) in [5.41, 5.74) is 10.2. The molecule has 0 N–H and O–H groups in total. The van der Waals surface area contributed by atoms with Gasteiger partial charge in [-0.25, -0.2) is 4.98 Å². The van der Waals surface area contributed by atoms with Gasteiger partial charge >= 0.3 is 0 Å². The first-order valence-corrected chi connectivity index (χ1v) is 11.4. The Hall–Kier alpha value is -2.46. The molecule has 0 aliphatic carbocycles. The van der Waals surface area contributed by atoms with Crippen LogP contribution in [0.15, 0.2) is 52.2 Å². The molecule has 0 unspecified atom stereocenters. The van der Waals surface area contributed by atoms with Gasteiger partial charge in [0.15, 0.2) is 0 Å². The molecular weight excluding hydrogens is 492 g/mol. The molecule has 1 heterocycles. The van der Waals surface area contributed by atoms with Crippen LogP contribution >= 0.6 is 15.9 Å². The highest BCUT2D eigenvalue weighted by atomic mass is 79.9. The smallest absolute Gasteiger partial charge is 0.213 e. The van der Waals surface area contributed by atoms with Gasteiger partial charge in [-0.2, -0.15) is 0 Å². The lowest BCUT2D eigenvalue weighted by atomic mass is 10.2. The molecule has 0 aliphatic heterocycles. The third kappa shape index (κ3) is 13.6. The Morgan fingerprint density at radius 1 is 0.758 bits per heavy atom. The van der Waals surface area contributed by atoms with Gasteiger partial charge in [0.25, 0.3) is 0 Å². The summed E-state index contributed by atoms with van der Waals surface area (Å²) in [5, 5.41) is 3.37. The number of azide groups is 1. The van der Waals surface area contributed by atoms with Crippen molar-refractivity contribution in [2.24, 2.45) is 5.11 Å². The second kappa shape index (κ2) is 18.0. The molecule has 0 bridgehead atoms. The topological polar surface area (TPSA) is 108 Å². The summed E-state index contributed by atoms with van der Waals surface area (Å²) in [7, 11) is 0. The van der Waals surface area contributed by atoms with Gasteiger partial charge in [-0.05, 0) is 34.9 Å². The van der Waals surface area contributed by atoms with Gasteiger partial charge < -0.3 is 23.7 Å². The van der Waals surface area contributed by atoms with Crippen molar-refractivity contribution in [1.82, 2.24) is 4.98 Å². The first-order chi connectivity index (χ1) is 16.3. The molecule has 33 heavy (non-hydrogen) atoms. The van der Waals surface area contributed by atoms with Crippen LogP contribution in [-0.4, -0.2) is 71.0 Å². The van der Waals surface area contributed by atoms with Crippen LogP contribution in [-0.2, 0) is 18.9 Å². The SMILES string of the molecule is [N-]=[N+]=NCCOCCOCCOCCOCCOc1ccc(/C=C/c2ccc(Br)cc2)cn1. The van der Waals surface area contributed by atoms with Crippen LogP contribution in [0.2, 0.25) is 0 Å². The molecule has 0 radical (unpaired) electrons. The predicted octanol–water partition coefficient (Wildman–Crippen LogP) is 4.77. The lowest BCUT2D eigenvalue weighted by Gasteiger charge is -2.08. The van der Waals surface area contributed by atoms with Gasteiger partial charge in [-0.15, -0.1) is 0 Å². The molecule has 9 nitrogen and oxygen atoms in total. The number of nitrogens with zero attached hydrogens (tertiary/aromatic N) is 4. The fraction of sp³-hybridized carbons (Fsp3) is 0.435. The number of pyridine rings is 1. The van der Waals surface area contributed by atoms with E-state index in [1.165, 1.54) is 0 Å². The number of hydrogen-bond donors (Lipinski definition) is 0. The number of benzene rings is 1. The highest BCUT2D eigenvalue weighted by Gasteiger charge is 1.97. The van der Waals surface area contributed by atoms with Gasteiger partial charge in [-0.3, -0.25) is 0 Å². The Labute approximate surface area is 202 Å². The molecule has 0 saturated carbocycles. The molecular formula is C23H29BrN4O5. The zero-order valence-corrected chi connectivity index (χ0v) is 20.1. The van der Waals surface area contributed by atoms with E-state index in [1.807, 2.05) is 48.6 Å². The van der Waals surface area contributed by atoms with E-state index in [0.717, 1.165) is 15.6 Å². The molecule has 2 aromatic rings. The van der Waals surface area contributed by atoms with Crippen LogP contribution < -0.4 is 4.74 Å². The van der Waals surface area contributed by atoms with E-state index < -0.39 is 0 Å². The maximum Gasteiger partial charge on any atom is 0.213 e. The van der Waals surface area contributed by atoms with E-state index in [-0.39, 0.29) is 0 Å². The largest absolute Gasteiger partial charge is 0.475 e. The van der Waals surface area contributed by atoms with Crippen LogP contribution in [0.25, 0.3) is 22.6 Å². The minimum atomic E-state index is 0.332. The van der Waals surface area contributed by atoms with Gasteiger partial charge in [0, 0.05) is 28.2 Å². The van der Waals surface area contributed by atoms with Crippen molar-refractivity contribution in [3.63, 3.8) is 0 Å². The molecule has 178 valence electrons. The van der Waals surface area contributed by atoms with E-state index in [9.17, 15) is 0 Å². The van der Waals surface area contributed by atoms with E-state index in [4.69, 9.17) is 29.2 Å². The number of ether oxygens (including phenoxy) is 5. The van der Waals surface area contributed by atoms with Crippen molar-refractivity contribution in [2.45, 2.75) is 0 Å². The number of hydrogen-bond acceptors (Lipinski definition) is 7. The summed E-state index contributed by atoms with van der Waals surface area (Å²) in [6.45, 7) is 4.50. The highest BCUT2D eigenvalue weighted by Crippen LogP contribution is 2.14. The predicted molar refractivity (Wildman–Crippen MR) is 130 cm³/mol. The summed E-state index contributed by atoms with van der Waals surface area (Å²) in [6.07, 6.45) is 5.82. The van der Waals surface area contributed by atoms with E-state index in [2.05, 4.69) is 30.9 Å². The number of aromatic nitrogens is 1. The van der Waals surface area contributed by atoms with Crippen molar-refractivity contribution in [3.8, 4) is 5.88 Å². The van der Waals surface area contributed by atoms with Crippen LogP contribution in [0.4, 0.5) is 0 Å². The Bertz CT molecular complexity index is 843. The zero-order chi connectivity index (χ0) is 23.4. The fourth-order valence-electron chi connectivity index (χ4n) is 2.46. The number of rotatable bonds is 18. The Morgan fingerprint density at radius 3 is 1.88 bits per heavy atom. The minimum Gasteiger partial charge on any atom is -0.475 e. The molecule has 2 rings (SSSR count). The number of halogens is 1. The Balaban J connectivity index is 1.42. The molecule has 0 atom stereocenters. The van der Waals surface area contributed by atoms with Gasteiger partial charge in [-0.1, -0.05) is 45.3 Å². The maximum atomic E-state index is 8.12. The van der Waals surface area contributed by atoms with E-state index >= 15 is 0 Å². The van der Waals surface area contributed by atoms with Crippen LogP contribution in [0.5, 0.6) is 5.88 Å². The third-order valence-electron chi connectivity index (χ3n) is 4.09. The lowest BCUT2D eigenvalue weighted by Crippen LogP contribution is -2.14. The second-order valence-corrected chi connectivity index (χ2v) is 7.48. The van der Waals surface area contributed by atoms with Crippen molar-refractivity contribution in [2.75, 3.05) is 66.0 Å². The summed E-state index contributed by atoms with van der Waals surface area (Å²) < 4.78 is 28.1. The van der Waals surface area contributed by atoms with Crippen LogP contribution in [0.3, 0.4) is 0 Å². The zero-order valence-electron chi connectivity index (χ0n) is 18.5. The Morgan fingerprint density at radius 2 is 1.30 bits per heavy atom. The fourth-order valence-corrected chi connectivity index (χ4v) is 2.72. The summed E-state index contributed by atoms with van der Waals surface area (Å²) in [4.78, 5) is 6.95. The molecule has 0 fully saturated rings. The van der Waals surface area contributed by atoms with Crippen LogP contribution in [0.1, 0.15) is 11.1 Å². The maximum absolute atomic E-state index is 8.12. The quantitative estimate of drug-likeness (QED) is 0.121. The highest BCUT2D eigenvalue weighted by molar-refractivity contribution is 9.10. The van der Waals surface area contributed by atoms with Gasteiger partial charge in [0.2, 0.25) is 5.88 Å². The molecule has 0 amide bonds. The summed E-state index contributed by atoms with van der Waals surface area (Å²) in [5.74, 6) is 0.564. The standard InChI is InChI=1S/C23H29BrN4O5/c24-22-6-3-20(4-7-22)1-2-21-5-8-23(26-19-21)33-18-17-32-16-15-31-14-13-30-12-11-29-10-9-27-28-25/h1-8,19H,9-18H2/b2-1+. The summed E-state index contributed by atoms with van der Waals surface area (Å²) in [6, 6.07) is 11.9.